The molecule has 2 heterocycles. The van der Waals surface area contributed by atoms with Crippen LogP contribution in [0.4, 0.5) is 4.39 Å². The third kappa shape index (κ3) is 4.13. The summed E-state index contributed by atoms with van der Waals surface area (Å²) in [6, 6.07) is 4.63. The topological polar surface area (TPSA) is 41.4 Å². The molecule has 1 amide bonds. The van der Waals surface area contributed by atoms with Gasteiger partial charge in [0, 0.05) is 39.4 Å². The van der Waals surface area contributed by atoms with Crippen LogP contribution in [0.15, 0.2) is 30.7 Å². The Kier molecular flexibility index (Phi) is 5.79. The summed E-state index contributed by atoms with van der Waals surface area (Å²) in [6.07, 6.45) is 3.36. The van der Waals surface area contributed by atoms with Crippen LogP contribution in [-0.4, -0.2) is 51.9 Å². The van der Waals surface area contributed by atoms with Crippen LogP contribution >= 0.6 is 24.0 Å². The lowest BCUT2D eigenvalue weighted by Gasteiger charge is -2.24. The standard InChI is InChI=1S/C19H22ClFN4O.ClH/c1-23-7-13-14(8-23)15(13)9-25(19(26)18-10-24(2)11-22-18)6-12-3-4-17(21)16(20)5-12;/h3-5,10-11,13-15H,6-9H2,1-2H3;1H/t13-,14+,15?;. The molecule has 2 aliphatic rings. The Hall–Kier alpha value is -1.63. The van der Waals surface area contributed by atoms with Crippen molar-refractivity contribution in [2.45, 2.75) is 6.54 Å². The number of rotatable bonds is 5. The molecule has 5 nitrogen and oxygen atoms in total. The van der Waals surface area contributed by atoms with Crippen molar-refractivity contribution in [3.8, 4) is 0 Å². The highest BCUT2D eigenvalue weighted by Crippen LogP contribution is 2.51. The van der Waals surface area contributed by atoms with Crippen LogP contribution in [0, 0.1) is 23.6 Å². The Morgan fingerprint density at radius 2 is 2.04 bits per heavy atom. The van der Waals surface area contributed by atoms with Crippen molar-refractivity contribution in [2.75, 3.05) is 26.7 Å². The number of fused-ring (bicyclic) bond motifs is 1. The van der Waals surface area contributed by atoms with E-state index in [1.807, 2.05) is 11.9 Å². The number of aryl methyl sites for hydroxylation is 1. The minimum absolute atomic E-state index is 0. The van der Waals surface area contributed by atoms with Gasteiger partial charge in [0.15, 0.2) is 0 Å². The maximum Gasteiger partial charge on any atom is 0.274 e. The van der Waals surface area contributed by atoms with Crippen molar-refractivity contribution in [3.05, 3.63) is 52.8 Å². The van der Waals surface area contributed by atoms with Gasteiger partial charge >= 0.3 is 0 Å². The van der Waals surface area contributed by atoms with E-state index in [9.17, 15) is 9.18 Å². The summed E-state index contributed by atoms with van der Waals surface area (Å²) in [5, 5.41) is 0.0812. The Bertz CT molecular complexity index is 831. The molecule has 0 radical (unpaired) electrons. The number of carbonyl (C=O) groups excluding carboxylic acids is 1. The van der Waals surface area contributed by atoms with Crippen LogP contribution in [0.1, 0.15) is 16.1 Å². The molecular weight excluding hydrogens is 390 g/mol. The average molecular weight is 413 g/mol. The Labute approximate surface area is 169 Å². The van der Waals surface area contributed by atoms with Crippen LogP contribution in [0.3, 0.4) is 0 Å². The zero-order valence-electron chi connectivity index (χ0n) is 15.3. The molecule has 8 heteroatoms. The minimum Gasteiger partial charge on any atom is -0.340 e. The monoisotopic (exact) mass is 412 g/mol. The molecule has 1 aliphatic carbocycles. The highest BCUT2D eigenvalue weighted by molar-refractivity contribution is 6.30. The van der Waals surface area contributed by atoms with Crippen LogP contribution in [0.25, 0.3) is 0 Å². The summed E-state index contributed by atoms with van der Waals surface area (Å²) in [6.45, 7) is 3.31. The van der Waals surface area contributed by atoms with Gasteiger partial charge in [0.2, 0.25) is 0 Å². The normalized spacial score (nSPS) is 23.6. The molecule has 0 N–H and O–H groups in total. The smallest absolute Gasteiger partial charge is 0.274 e. The number of imidazole rings is 1. The van der Waals surface area contributed by atoms with E-state index >= 15 is 0 Å². The summed E-state index contributed by atoms with van der Waals surface area (Å²) < 4.78 is 15.2. The number of hydrogen-bond acceptors (Lipinski definition) is 3. The number of nitrogens with zero attached hydrogens (tertiary/aromatic N) is 4. The van der Waals surface area contributed by atoms with E-state index in [0.29, 0.717) is 36.5 Å². The predicted molar refractivity (Wildman–Crippen MR) is 105 cm³/mol. The fraction of sp³-hybridized carbons (Fsp3) is 0.474. The van der Waals surface area contributed by atoms with Gasteiger partial charge in [-0.1, -0.05) is 17.7 Å². The van der Waals surface area contributed by atoms with Gasteiger partial charge in [0.05, 0.1) is 11.3 Å². The van der Waals surface area contributed by atoms with Gasteiger partial charge in [-0.15, -0.1) is 12.4 Å². The van der Waals surface area contributed by atoms with Crippen LogP contribution < -0.4 is 0 Å². The Balaban J connectivity index is 0.00000210. The molecule has 0 bridgehead atoms. The molecule has 3 atom stereocenters. The van der Waals surface area contributed by atoms with Gasteiger partial charge in [0.25, 0.3) is 5.91 Å². The lowest BCUT2D eigenvalue weighted by Crippen LogP contribution is -2.34. The number of halogens is 3. The van der Waals surface area contributed by atoms with Crippen molar-refractivity contribution in [1.29, 1.82) is 0 Å². The number of likely N-dealkylation sites (tertiary alicyclic amines) is 1. The Morgan fingerprint density at radius 1 is 1.33 bits per heavy atom. The van der Waals surface area contributed by atoms with E-state index in [2.05, 4.69) is 16.9 Å². The van der Waals surface area contributed by atoms with Crippen LogP contribution in [0.5, 0.6) is 0 Å². The zero-order chi connectivity index (χ0) is 18.4. The van der Waals surface area contributed by atoms with Gasteiger partial charge in [-0.2, -0.15) is 0 Å². The largest absolute Gasteiger partial charge is 0.340 e. The molecule has 146 valence electrons. The maximum atomic E-state index is 13.4. The molecule has 2 aromatic rings. The van der Waals surface area contributed by atoms with Crippen molar-refractivity contribution < 1.29 is 9.18 Å². The predicted octanol–water partition coefficient (Wildman–Crippen LogP) is 3.08. The van der Waals surface area contributed by atoms with Gasteiger partial charge in [-0.3, -0.25) is 4.79 Å². The molecule has 1 aliphatic heterocycles. The first kappa shape index (κ1) is 20.1. The number of hydrogen-bond donors (Lipinski definition) is 0. The van der Waals surface area contributed by atoms with Gasteiger partial charge in [-0.25, -0.2) is 9.37 Å². The number of benzene rings is 1. The molecular formula is C19H23Cl2FN4O. The van der Waals surface area contributed by atoms with E-state index < -0.39 is 5.82 Å². The van der Waals surface area contributed by atoms with Gasteiger partial charge < -0.3 is 14.4 Å². The van der Waals surface area contributed by atoms with E-state index in [0.717, 1.165) is 18.7 Å². The van der Waals surface area contributed by atoms with Crippen molar-refractivity contribution >= 4 is 29.9 Å². The second-order valence-electron chi connectivity index (χ2n) is 7.57. The van der Waals surface area contributed by atoms with E-state index in [4.69, 9.17) is 11.6 Å². The minimum atomic E-state index is -0.446. The average Bonchev–Trinajstić information content (AvgIpc) is 2.94. The maximum absolute atomic E-state index is 13.4. The Morgan fingerprint density at radius 3 is 2.63 bits per heavy atom. The van der Waals surface area contributed by atoms with Gasteiger partial charge in [0.1, 0.15) is 11.5 Å². The molecule has 1 unspecified atom stereocenters. The third-order valence-electron chi connectivity index (χ3n) is 5.55. The van der Waals surface area contributed by atoms with E-state index in [-0.39, 0.29) is 23.3 Å². The molecule has 1 saturated carbocycles. The zero-order valence-corrected chi connectivity index (χ0v) is 16.9. The fourth-order valence-electron chi connectivity index (χ4n) is 4.15. The number of piperidine rings is 1. The molecule has 1 saturated heterocycles. The quantitative estimate of drug-likeness (QED) is 0.757. The van der Waals surface area contributed by atoms with Crippen LogP contribution in [0.2, 0.25) is 5.02 Å². The summed E-state index contributed by atoms with van der Waals surface area (Å²) in [7, 11) is 3.98. The third-order valence-corrected chi connectivity index (χ3v) is 5.84. The number of carbonyl (C=O) groups is 1. The molecule has 0 spiro atoms. The lowest BCUT2D eigenvalue weighted by molar-refractivity contribution is 0.0720. The van der Waals surface area contributed by atoms with E-state index in [1.165, 1.54) is 6.07 Å². The van der Waals surface area contributed by atoms with Crippen molar-refractivity contribution in [1.82, 2.24) is 19.4 Å². The molecule has 1 aromatic heterocycles. The summed E-state index contributed by atoms with van der Waals surface area (Å²) >= 11 is 5.91. The molecule has 27 heavy (non-hydrogen) atoms. The highest BCUT2D eigenvalue weighted by Gasteiger charge is 2.55. The highest BCUT2D eigenvalue weighted by atomic mass is 35.5. The molecule has 4 rings (SSSR count). The summed E-state index contributed by atoms with van der Waals surface area (Å²) in [5.74, 6) is 1.35. The van der Waals surface area contributed by atoms with Gasteiger partial charge in [-0.05, 0) is 42.5 Å². The van der Waals surface area contributed by atoms with Crippen LogP contribution in [-0.2, 0) is 13.6 Å². The summed E-state index contributed by atoms with van der Waals surface area (Å²) in [4.78, 5) is 21.4. The SMILES string of the molecule is CN1C[C@@H]2C(CN(Cc3ccc(F)c(Cl)c3)C(=O)c3cn(C)cn3)[C@@H]2C1.Cl. The van der Waals surface area contributed by atoms with E-state index in [1.54, 1.807) is 29.2 Å². The fourth-order valence-corrected chi connectivity index (χ4v) is 4.35. The first-order valence-corrected chi connectivity index (χ1v) is 9.20. The first-order valence-electron chi connectivity index (χ1n) is 8.82. The summed E-state index contributed by atoms with van der Waals surface area (Å²) in [5.41, 5.74) is 1.26. The lowest BCUT2D eigenvalue weighted by atomic mass is 10.1. The second-order valence-corrected chi connectivity index (χ2v) is 7.98. The second kappa shape index (κ2) is 7.78. The number of aromatic nitrogens is 2. The molecule has 1 aromatic carbocycles. The number of amides is 1. The van der Waals surface area contributed by atoms with Crippen molar-refractivity contribution in [2.24, 2.45) is 24.8 Å². The van der Waals surface area contributed by atoms with Crippen molar-refractivity contribution in [3.63, 3.8) is 0 Å². The molecule has 2 fully saturated rings. The first-order chi connectivity index (χ1) is 12.4.